The van der Waals surface area contributed by atoms with Crippen molar-refractivity contribution >= 4 is 34.9 Å². The molecule has 0 aliphatic heterocycles. The van der Waals surface area contributed by atoms with Gasteiger partial charge in [0.05, 0.1) is 11.8 Å². The number of hydrogen-bond acceptors (Lipinski definition) is 4. The summed E-state index contributed by atoms with van der Waals surface area (Å²) in [6, 6.07) is 4.55. The van der Waals surface area contributed by atoms with Gasteiger partial charge in [-0.05, 0) is 70.3 Å². The van der Waals surface area contributed by atoms with Crippen molar-refractivity contribution in [1.82, 2.24) is 15.3 Å². The third kappa shape index (κ3) is 3.53. The maximum Gasteiger partial charge on any atom is 0.186 e. The molecule has 5 nitrogen and oxygen atoms in total. The summed E-state index contributed by atoms with van der Waals surface area (Å²) in [5.41, 5.74) is 8.14. The van der Waals surface area contributed by atoms with Crippen molar-refractivity contribution in [3.8, 4) is 11.1 Å². The van der Waals surface area contributed by atoms with Crippen LogP contribution < -0.4 is 10.7 Å². The van der Waals surface area contributed by atoms with E-state index in [1.54, 1.807) is 17.6 Å². The number of aryl methyl sites for hydroxylation is 2. The summed E-state index contributed by atoms with van der Waals surface area (Å²) in [7, 11) is 0. The summed E-state index contributed by atoms with van der Waals surface area (Å²) < 4.78 is 2.19. The van der Waals surface area contributed by atoms with Gasteiger partial charge in [-0.1, -0.05) is 0 Å². The van der Waals surface area contributed by atoms with Crippen LogP contribution in [0.25, 0.3) is 5.00 Å². The number of rotatable bonds is 4. The summed E-state index contributed by atoms with van der Waals surface area (Å²) in [5, 5.41) is 18.5. The van der Waals surface area contributed by atoms with Crippen LogP contribution in [-0.4, -0.2) is 22.4 Å². The lowest BCUT2D eigenvalue weighted by atomic mass is 9.96. The lowest BCUT2D eigenvalue weighted by Crippen LogP contribution is -2.31. The van der Waals surface area contributed by atoms with E-state index in [1.165, 1.54) is 23.3 Å². The van der Waals surface area contributed by atoms with Gasteiger partial charge in [0.25, 0.3) is 0 Å². The number of thiophene rings is 1. The van der Waals surface area contributed by atoms with Crippen LogP contribution in [0, 0.1) is 25.2 Å². The Morgan fingerprint density at radius 1 is 1.42 bits per heavy atom. The Balaban J connectivity index is 1.94. The molecule has 0 aromatic carbocycles. The number of hydrazone groups is 1. The number of nitrogens with one attached hydrogen (secondary N) is 2. The lowest BCUT2D eigenvalue weighted by molar-refractivity contribution is 0.695. The lowest BCUT2D eigenvalue weighted by Gasteiger charge is -2.10. The zero-order valence-electron chi connectivity index (χ0n) is 15.3. The van der Waals surface area contributed by atoms with E-state index in [0.717, 1.165) is 46.9 Å². The molecule has 136 valence electrons. The number of thiocarbonyl (C=S) groups is 1. The molecule has 0 unspecified atom stereocenters. The van der Waals surface area contributed by atoms with Crippen LogP contribution in [0.3, 0.4) is 0 Å². The largest absolute Gasteiger partial charge is 0.362 e. The molecule has 1 aliphatic carbocycles. The molecule has 0 fully saturated rings. The van der Waals surface area contributed by atoms with Crippen LogP contribution in [0.5, 0.6) is 0 Å². The fraction of sp³-hybridized carbons (Fsp3) is 0.421. The van der Waals surface area contributed by atoms with E-state index in [0.29, 0.717) is 5.11 Å². The monoisotopic (exact) mass is 385 g/mol. The second kappa shape index (κ2) is 8.02. The van der Waals surface area contributed by atoms with Crippen molar-refractivity contribution < 1.29 is 0 Å². The molecule has 7 heteroatoms. The average Bonchev–Trinajstić information content (AvgIpc) is 3.11. The predicted molar refractivity (Wildman–Crippen MR) is 111 cm³/mol. The Morgan fingerprint density at radius 3 is 2.92 bits per heavy atom. The molecular formula is C19H23N5S2. The molecule has 3 rings (SSSR count). The van der Waals surface area contributed by atoms with Gasteiger partial charge in [0.1, 0.15) is 11.1 Å². The van der Waals surface area contributed by atoms with Crippen molar-refractivity contribution in [3.05, 3.63) is 39.0 Å². The fourth-order valence-electron chi connectivity index (χ4n) is 3.42. The zero-order valence-corrected chi connectivity index (χ0v) is 17.0. The summed E-state index contributed by atoms with van der Waals surface area (Å²) in [5.74, 6) is 0. The first kappa shape index (κ1) is 18.6. The molecule has 2 aromatic heterocycles. The molecule has 0 amide bonds. The zero-order chi connectivity index (χ0) is 18.7. The molecule has 0 atom stereocenters. The average molecular weight is 386 g/mol. The minimum Gasteiger partial charge on any atom is -0.362 e. The fourth-order valence-corrected chi connectivity index (χ4v) is 5.06. The van der Waals surface area contributed by atoms with Crippen LogP contribution in [0.2, 0.25) is 0 Å². The molecule has 2 N–H and O–H groups in total. The first-order chi connectivity index (χ1) is 12.6. The van der Waals surface area contributed by atoms with E-state index < -0.39 is 0 Å². The third-order valence-electron chi connectivity index (χ3n) is 4.64. The minimum absolute atomic E-state index is 0.509. The predicted octanol–water partition coefficient (Wildman–Crippen LogP) is 3.72. The van der Waals surface area contributed by atoms with Crippen molar-refractivity contribution in [3.63, 3.8) is 0 Å². The van der Waals surface area contributed by atoms with Crippen molar-refractivity contribution in [1.29, 1.82) is 5.26 Å². The van der Waals surface area contributed by atoms with Gasteiger partial charge in [0, 0.05) is 28.4 Å². The maximum atomic E-state index is 9.75. The normalized spacial score (nSPS) is 13.5. The van der Waals surface area contributed by atoms with Crippen molar-refractivity contribution in [2.45, 2.75) is 46.5 Å². The van der Waals surface area contributed by atoms with E-state index in [1.807, 2.05) is 6.92 Å². The van der Waals surface area contributed by atoms with Gasteiger partial charge in [-0.25, -0.2) is 0 Å². The van der Waals surface area contributed by atoms with Crippen LogP contribution in [0.15, 0.2) is 11.2 Å². The quantitative estimate of drug-likeness (QED) is 0.478. The van der Waals surface area contributed by atoms with Gasteiger partial charge in [-0.15, -0.1) is 11.3 Å². The topological polar surface area (TPSA) is 65.1 Å². The SMILES string of the molecule is CCNC(=S)N/N=C\c1cc(C)n(-c2sc3c(c2C#N)CCCC3)c1C. The Hall–Kier alpha value is -2.17. The summed E-state index contributed by atoms with van der Waals surface area (Å²) in [6.07, 6.45) is 6.29. The highest BCUT2D eigenvalue weighted by Crippen LogP contribution is 2.38. The standard InChI is InChI=1S/C19H23N5S2/c1-4-21-19(25)23-22-11-14-9-12(2)24(13(14)3)18-16(10-20)15-7-5-6-8-17(15)26-18/h9,11H,4-8H2,1-3H3,(H2,21,23,25)/b22-11-. The number of nitrogens with zero attached hydrogens (tertiary/aromatic N) is 3. The Labute approximate surface area is 163 Å². The van der Waals surface area contributed by atoms with Crippen molar-refractivity contribution in [2.75, 3.05) is 6.54 Å². The molecule has 0 saturated carbocycles. The van der Waals surface area contributed by atoms with Crippen LogP contribution >= 0.6 is 23.6 Å². The van der Waals surface area contributed by atoms with Crippen LogP contribution in [0.4, 0.5) is 0 Å². The highest BCUT2D eigenvalue weighted by molar-refractivity contribution is 7.80. The third-order valence-corrected chi connectivity index (χ3v) is 6.16. The van der Waals surface area contributed by atoms with E-state index in [9.17, 15) is 5.26 Å². The summed E-state index contributed by atoms with van der Waals surface area (Å²) in [6.45, 7) is 6.88. The number of nitriles is 1. The Morgan fingerprint density at radius 2 is 2.19 bits per heavy atom. The van der Waals surface area contributed by atoms with E-state index in [-0.39, 0.29) is 0 Å². The Kier molecular flexibility index (Phi) is 5.74. The molecule has 0 bridgehead atoms. The number of aromatic nitrogens is 1. The summed E-state index contributed by atoms with van der Waals surface area (Å²) >= 11 is 6.88. The van der Waals surface area contributed by atoms with Gasteiger partial charge in [-0.3, -0.25) is 5.43 Å². The van der Waals surface area contributed by atoms with Gasteiger partial charge in [0.2, 0.25) is 0 Å². The van der Waals surface area contributed by atoms with Crippen LogP contribution in [-0.2, 0) is 12.8 Å². The van der Waals surface area contributed by atoms with E-state index >= 15 is 0 Å². The molecule has 26 heavy (non-hydrogen) atoms. The molecule has 1 aliphatic rings. The highest BCUT2D eigenvalue weighted by Gasteiger charge is 2.23. The van der Waals surface area contributed by atoms with Crippen molar-refractivity contribution in [2.24, 2.45) is 5.10 Å². The second-order valence-corrected chi connectivity index (χ2v) is 7.89. The number of hydrogen-bond donors (Lipinski definition) is 2. The smallest absolute Gasteiger partial charge is 0.186 e. The number of fused-ring (bicyclic) bond motifs is 1. The minimum atomic E-state index is 0.509. The van der Waals surface area contributed by atoms with E-state index in [2.05, 4.69) is 46.4 Å². The summed E-state index contributed by atoms with van der Waals surface area (Å²) in [4.78, 5) is 1.38. The molecule has 2 heterocycles. The van der Waals surface area contributed by atoms with Gasteiger partial charge >= 0.3 is 0 Å². The first-order valence-electron chi connectivity index (χ1n) is 8.87. The van der Waals surface area contributed by atoms with E-state index in [4.69, 9.17) is 12.2 Å². The molecule has 0 radical (unpaired) electrons. The molecular weight excluding hydrogens is 362 g/mol. The van der Waals surface area contributed by atoms with Gasteiger partial charge in [-0.2, -0.15) is 10.4 Å². The van der Waals surface area contributed by atoms with Gasteiger partial charge in [0.15, 0.2) is 5.11 Å². The van der Waals surface area contributed by atoms with Gasteiger partial charge < -0.3 is 9.88 Å². The second-order valence-electron chi connectivity index (χ2n) is 6.39. The highest BCUT2D eigenvalue weighted by atomic mass is 32.1. The first-order valence-corrected chi connectivity index (χ1v) is 10.1. The molecule has 2 aromatic rings. The maximum absolute atomic E-state index is 9.75. The Bertz CT molecular complexity index is 898. The van der Waals surface area contributed by atoms with Crippen LogP contribution in [0.1, 0.15) is 52.7 Å². The molecule has 0 spiro atoms. The molecule has 0 saturated heterocycles.